The van der Waals surface area contributed by atoms with E-state index in [0.29, 0.717) is 15.7 Å². The van der Waals surface area contributed by atoms with E-state index in [2.05, 4.69) is 10.6 Å². The Bertz CT molecular complexity index is 787. The van der Waals surface area contributed by atoms with Gasteiger partial charge in [-0.15, -0.1) is 11.3 Å². The molecule has 0 saturated heterocycles. The summed E-state index contributed by atoms with van der Waals surface area (Å²) >= 11 is 12.9. The van der Waals surface area contributed by atoms with Crippen LogP contribution in [0.3, 0.4) is 0 Å². The predicted molar refractivity (Wildman–Crippen MR) is 108 cm³/mol. The zero-order chi connectivity index (χ0) is 17.8. The molecule has 0 aliphatic heterocycles. The normalized spacial score (nSPS) is 13.5. The number of methoxy groups -OCH3 is 1. The SMILES string of the molecule is COC(=O)c1c(NC(=S)Nc2ccc(Cl)cc2)sc2c1CCCCC2. The number of hydrogen-bond acceptors (Lipinski definition) is 4. The fraction of sp³-hybridized carbons (Fsp3) is 0.333. The molecule has 0 amide bonds. The quantitative estimate of drug-likeness (QED) is 0.422. The highest BCUT2D eigenvalue weighted by molar-refractivity contribution is 7.80. The molecule has 7 heteroatoms. The molecular weight excluding hydrogens is 376 g/mol. The highest BCUT2D eigenvalue weighted by Crippen LogP contribution is 2.38. The number of hydrogen-bond donors (Lipinski definition) is 2. The van der Waals surface area contributed by atoms with E-state index in [0.717, 1.165) is 41.9 Å². The molecule has 0 saturated carbocycles. The van der Waals surface area contributed by atoms with Crippen molar-refractivity contribution in [2.45, 2.75) is 32.1 Å². The monoisotopic (exact) mass is 394 g/mol. The Morgan fingerprint density at radius 3 is 2.60 bits per heavy atom. The van der Waals surface area contributed by atoms with Gasteiger partial charge in [-0.1, -0.05) is 18.0 Å². The summed E-state index contributed by atoms with van der Waals surface area (Å²) in [5.74, 6) is -0.309. The maximum absolute atomic E-state index is 12.3. The Labute approximate surface area is 161 Å². The molecule has 0 fully saturated rings. The number of fused-ring (bicyclic) bond motifs is 1. The van der Waals surface area contributed by atoms with E-state index in [-0.39, 0.29) is 5.97 Å². The molecule has 0 atom stereocenters. The Balaban J connectivity index is 1.82. The van der Waals surface area contributed by atoms with Crippen LogP contribution in [-0.2, 0) is 17.6 Å². The van der Waals surface area contributed by atoms with Crippen molar-refractivity contribution in [3.8, 4) is 0 Å². The van der Waals surface area contributed by atoms with Crippen molar-refractivity contribution in [1.29, 1.82) is 0 Å². The first-order chi connectivity index (χ1) is 12.1. The molecule has 1 aliphatic carbocycles. The predicted octanol–water partition coefficient (Wildman–Crippen LogP) is 5.27. The maximum Gasteiger partial charge on any atom is 0.341 e. The van der Waals surface area contributed by atoms with Crippen molar-refractivity contribution < 1.29 is 9.53 Å². The number of rotatable bonds is 3. The number of thiophene rings is 1. The second-order valence-electron chi connectivity index (χ2n) is 5.85. The Morgan fingerprint density at radius 2 is 1.88 bits per heavy atom. The van der Waals surface area contributed by atoms with Crippen LogP contribution in [0.1, 0.15) is 40.1 Å². The van der Waals surface area contributed by atoms with Gasteiger partial charge in [-0.05, 0) is 67.7 Å². The molecule has 1 aromatic heterocycles. The molecule has 0 bridgehead atoms. The molecule has 1 aliphatic rings. The van der Waals surface area contributed by atoms with Gasteiger partial charge in [0.15, 0.2) is 5.11 Å². The van der Waals surface area contributed by atoms with Gasteiger partial charge in [0.25, 0.3) is 0 Å². The van der Waals surface area contributed by atoms with Crippen LogP contribution < -0.4 is 10.6 Å². The van der Waals surface area contributed by atoms with Gasteiger partial charge in [0.1, 0.15) is 5.00 Å². The highest BCUT2D eigenvalue weighted by atomic mass is 35.5. The third kappa shape index (κ3) is 4.32. The van der Waals surface area contributed by atoms with Crippen molar-refractivity contribution in [1.82, 2.24) is 0 Å². The molecule has 0 unspecified atom stereocenters. The van der Waals surface area contributed by atoms with Crippen molar-refractivity contribution in [3.63, 3.8) is 0 Å². The van der Waals surface area contributed by atoms with Crippen LogP contribution >= 0.6 is 35.2 Å². The number of carbonyl (C=O) groups is 1. The number of anilines is 2. The highest BCUT2D eigenvalue weighted by Gasteiger charge is 2.25. The van der Waals surface area contributed by atoms with Gasteiger partial charge in [0, 0.05) is 15.6 Å². The summed E-state index contributed by atoms with van der Waals surface area (Å²) in [6, 6.07) is 7.28. The van der Waals surface area contributed by atoms with E-state index in [1.54, 1.807) is 23.5 Å². The molecule has 132 valence electrons. The molecule has 0 spiro atoms. The van der Waals surface area contributed by atoms with E-state index >= 15 is 0 Å². The number of esters is 1. The zero-order valence-corrected chi connectivity index (χ0v) is 16.2. The van der Waals surface area contributed by atoms with Gasteiger partial charge in [-0.3, -0.25) is 0 Å². The molecular formula is C18H19ClN2O2S2. The standard InChI is InChI=1S/C18H19ClN2O2S2/c1-23-17(22)15-13-5-3-2-4-6-14(13)25-16(15)21-18(24)20-12-9-7-11(19)8-10-12/h7-10H,2-6H2,1H3,(H2,20,21,24). The number of carbonyl (C=O) groups excluding carboxylic acids is 1. The second-order valence-corrected chi connectivity index (χ2v) is 7.80. The molecule has 1 heterocycles. The Morgan fingerprint density at radius 1 is 1.16 bits per heavy atom. The number of nitrogens with one attached hydrogen (secondary N) is 2. The summed E-state index contributed by atoms with van der Waals surface area (Å²) in [5.41, 5.74) is 2.58. The van der Waals surface area contributed by atoms with Gasteiger partial charge in [-0.25, -0.2) is 4.79 Å². The first-order valence-electron chi connectivity index (χ1n) is 8.15. The van der Waals surface area contributed by atoms with Crippen LogP contribution in [0.5, 0.6) is 0 Å². The molecule has 25 heavy (non-hydrogen) atoms. The molecule has 3 rings (SSSR count). The number of aryl methyl sites for hydroxylation is 1. The Hall–Kier alpha value is -1.63. The van der Waals surface area contributed by atoms with Crippen molar-refractivity contribution in [3.05, 3.63) is 45.3 Å². The summed E-state index contributed by atoms with van der Waals surface area (Å²) in [6.45, 7) is 0. The minimum absolute atomic E-state index is 0.309. The Kier molecular flexibility index (Phi) is 5.93. The molecule has 2 aromatic rings. The van der Waals surface area contributed by atoms with E-state index < -0.39 is 0 Å². The van der Waals surface area contributed by atoms with Crippen LogP contribution in [0.25, 0.3) is 0 Å². The number of ether oxygens (including phenoxy) is 1. The molecule has 4 nitrogen and oxygen atoms in total. The minimum Gasteiger partial charge on any atom is -0.465 e. The summed E-state index contributed by atoms with van der Waals surface area (Å²) in [6.07, 6.45) is 5.36. The zero-order valence-electron chi connectivity index (χ0n) is 13.9. The van der Waals surface area contributed by atoms with Crippen molar-refractivity contribution in [2.24, 2.45) is 0 Å². The van der Waals surface area contributed by atoms with Gasteiger partial charge < -0.3 is 15.4 Å². The summed E-state index contributed by atoms with van der Waals surface area (Å²) in [4.78, 5) is 13.6. The van der Waals surface area contributed by atoms with Gasteiger partial charge in [-0.2, -0.15) is 0 Å². The van der Waals surface area contributed by atoms with Gasteiger partial charge in [0.2, 0.25) is 0 Å². The molecule has 2 N–H and O–H groups in total. The number of benzene rings is 1. The van der Waals surface area contributed by atoms with Crippen LogP contribution in [0.2, 0.25) is 5.02 Å². The third-order valence-electron chi connectivity index (χ3n) is 4.14. The third-order valence-corrected chi connectivity index (χ3v) is 5.80. The first-order valence-corrected chi connectivity index (χ1v) is 9.75. The van der Waals surface area contributed by atoms with Gasteiger partial charge >= 0.3 is 5.97 Å². The second kappa shape index (κ2) is 8.17. The first kappa shape index (κ1) is 18.2. The lowest BCUT2D eigenvalue weighted by Gasteiger charge is -2.11. The average molecular weight is 395 g/mol. The lowest BCUT2D eigenvalue weighted by atomic mass is 10.1. The van der Waals surface area contributed by atoms with Crippen LogP contribution in [0.4, 0.5) is 10.7 Å². The molecule has 0 radical (unpaired) electrons. The smallest absolute Gasteiger partial charge is 0.341 e. The number of thiocarbonyl (C=S) groups is 1. The lowest BCUT2D eigenvalue weighted by Crippen LogP contribution is -2.20. The summed E-state index contributed by atoms with van der Waals surface area (Å²) in [5, 5.41) is 8.14. The van der Waals surface area contributed by atoms with Crippen LogP contribution in [0, 0.1) is 0 Å². The fourth-order valence-corrected chi connectivity index (χ4v) is 4.64. The van der Waals surface area contributed by atoms with E-state index in [1.807, 2.05) is 12.1 Å². The number of halogens is 1. The fourth-order valence-electron chi connectivity index (χ4n) is 2.95. The largest absolute Gasteiger partial charge is 0.465 e. The van der Waals surface area contributed by atoms with E-state index in [4.69, 9.17) is 28.6 Å². The maximum atomic E-state index is 12.3. The van der Waals surface area contributed by atoms with Crippen molar-refractivity contribution in [2.75, 3.05) is 17.7 Å². The summed E-state index contributed by atoms with van der Waals surface area (Å²) in [7, 11) is 1.41. The van der Waals surface area contributed by atoms with Crippen LogP contribution in [0.15, 0.2) is 24.3 Å². The topological polar surface area (TPSA) is 50.4 Å². The van der Waals surface area contributed by atoms with Crippen molar-refractivity contribution >= 4 is 56.9 Å². The van der Waals surface area contributed by atoms with Crippen LogP contribution in [-0.4, -0.2) is 18.2 Å². The summed E-state index contributed by atoms with van der Waals surface area (Å²) < 4.78 is 5.00. The van der Waals surface area contributed by atoms with Gasteiger partial charge in [0.05, 0.1) is 12.7 Å². The minimum atomic E-state index is -0.309. The lowest BCUT2D eigenvalue weighted by molar-refractivity contribution is 0.0601. The van der Waals surface area contributed by atoms with E-state index in [1.165, 1.54) is 18.4 Å². The average Bonchev–Trinajstić information content (AvgIpc) is 2.77. The van der Waals surface area contributed by atoms with E-state index in [9.17, 15) is 4.79 Å². The molecule has 1 aromatic carbocycles.